The molecule has 7 heteroatoms. The first kappa shape index (κ1) is 10.6. The molecule has 0 bridgehead atoms. The highest BCUT2D eigenvalue weighted by Gasteiger charge is 2.13. The number of hydrogen-bond acceptors (Lipinski definition) is 5. The summed E-state index contributed by atoms with van der Waals surface area (Å²) in [6, 6.07) is 4.86. The third kappa shape index (κ3) is 2.76. The summed E-state index contributed by atoms with van der Waals surface area (Å²) in [7, 11) is 0. The van der Waals surface area contributed by atoms with Gasteiger partial charge in [0.25, 0.3) is 5.69 Å². The maximum absolute atomic E-state index is 10.7. The molecule has 0 saturated carbocycles. The summed E-state index contributed by atoms with van der Waals surface area (Å²) >= 11 is 0. The number of nitrogens with two attached hydrogens (primary N) is 1. The van der Waals surface area contributed by atoms with Gasteiger partial charge < -0.3 is 10.5 Å². The maximum Gasteiger partial charge on any atom is 0.401 e. The number of primary amides is 1. The van der Waals surface area contributed by atoms with Gasteiger partial charge in [-0.25, -0.2) is 4.79 Å². The number of rotatable bonds is 2. The fourth-order valence-corrected chi connectivity index (χ4v) is 0.818. The van der Waals surface area contributed by atoms with Gasteiger partial charge >= 0.3 is 11.9 Å². The number of carbonyl (C=O) groups is 2. The Kier molecular flexibility index (Phi) is 2.97. The van der Waals surface area contributed by atoms with Gasteiger partial charge in [0, 0.05) is 6.07 Å². The van der Waals surface area contributed by atoms with E-state index < -0.39 is 16.8 Å². The average Bonchev–Trinajstić information content (AvgIpc) is 2.18. The monoisotopic (exact) mass is 210 g/mol. The molecule has 1 rings (SSSR count). The molecule has 1 aromatic carbocycles. The molecule has 0 saturated heterocycles. The standard InChI is InChI=1S/C8H6N2O5/c9-7(11)8(12)15-6-3-1-2-5(4-6)10(13)14/h1-4H,(H2,9,11). The number of non-ortho nitro benzene ring substituents is 1. The highest BCUT2D eigenvalue weighted by atomic mass is 16.6. The second-order valence-corrected chi connectivity index (χ2v) is 2.51. The van der Waals surface area contributed by atoms with Crippen molar-refractivity contribution in [2.45, 2.75) is 0 Å². The van der Waals surface area contributed by atoms with Crippen LogP contribution in [0.25, 0.3) is 0 Å². The molecule has 7 nitrogen and oxygen atoms in total. The van der Waals surface area contributed by atoms with E-state index in [9.17, 15) is 19.7 Å². The Balaban J connectivity index is 2.87. The zero-order chi connectivity index (χ0) is 11.4. The molecule has 0 fully saturated rings. The topological polar surface area (TPSA) is 113 Å². The first-order valence-electron chi connectivity index (χ1n) is 3.77. The molecule has 0 aliphatic heterocycles. The van der Waals surface area contributed by atoms with Crippen LogP contribution < -0.4 is 10.5 Å². The highest BCUT2D eigenvalue weighted by Crippen LogP contribution is 2.18. The van der Waals surface area contributed by atoms with Gasteiger partial charge in [-0.1, -0.05) is 6.07 Å². The van der Waals surface area contributed by atoms with Gasteiger partial charge in [0.15, 0.2) is 0 Å². The van der Waals surface area contributed by atoms with Gasteiger partial charge in [-0.05, 0) is 6.07 Å². The minimum Gasteiger partial charge on any atom is -0.419 e. The van der Waals surface area contributed by atoms with Gasteiger partial charge in [-0.15, -0.1) is 0 Å². The van der Waals surface area contributed by atoms with Crippen LogP contribution in [0.1, 0.15) is 0 Å². The Morgan fingerprint density at radius 2 is 2.07 bits per heavy atom. The Morgan fingerprint density at radius 1 is 1.40 bits per heavy atom. The molecule has 1 aromatic rings. The second-order valence-electron chi connectivity index (χ2n) is 2.51. The molecule has 78 valence electrons. The number of amides is 1. The van der Waals surface area contributed by atoms with Crippen molar-refractivity contribution in [1.29, 1.82) is 0 Å². The SMILES string of the molecule is NC(=O)C(=O)Oc1cccc([N+](=O)[O-])c1. The van der Waals surface area contributed by atoms with E-state index in [1.807, 2.05) is 0 Å². The van der Waals surface area contributed by atoms with E-state index in [0.29, 0.717) is 0 Å². The molecule has 0 atom stereocenters. The minimum absolute atomic E-state index is 0.104. The predicted octanol–water partition coefficient (Wildman–Crippen LogP) is -0.0145. The number of nitrogens with zero attached hydrogens (tertiary/aromatic N) is 1. The van der Waals surface area contributed by atoms with Crippen LogP contribution in [0.2, 0.25) is 0 Å². The third-order valence-electron chi connectivity index (χ3n) is 1.44. The quantitative estimate of drug-likeness (QED) is 0.242. The summed E-state index contributed by atoms with van der Waals surface area (Å²) in [5.74, 6) is -2.63. The predicted molar refractivity (Wildman–Crippen MR) is 47.9 cm³/mol. The lowest BCUT2D eigenvalue weighted by Crippen LogP contribution is -2.27. The molecule has 0 aliphatic carbocycles. The van der Waals surface area contributed by atoms with Crippen LogP contribution in [-0.4, -0.2) is 16.8 Å². The molecule has 0 aromatic heterocycles. The Bertz CT molecular complexity index is 429. The number of nitro groups is 1. The van der Waals surface area contributed by atoms with E-state index in [1.54, 1.807) is 0 Å². The third-order valence-corrected chi connectivity index (χ3v) is 1.44. The summed E-state index contributed by atoms with van der Waals surface area (Å²) in [6.45, 7) is 0. The van der Waals surface area contributed by atoms with Crippen LogP contribution in [-0.2, 0) is 9.59 Å². The Labute approximate surface area is 83.6 Å². The molecule has 0 aliphatic rings. The molecule has 2 N–H and O–H groups in total. The van der Waals surface area contributed by atoms with E-state index in [4.69, 9.17) is 0 Å². The lowest BCUT2D eigenvalue weighted by molar-refractivity contribution is -0.384. The van der Waals surface area contributed by atoms with E-state index in [0.717, 1.165) is 6.07 Å². The van der Waals surface area contributed by atoms with Crippen LogP contribution in [0, 0.1) is 10.1 Å². The summed E-state index contributed by atoms with van der Waals surface area (Å²) in [6.07, 6.45) is 0. The lowest BCUT2D eigenvalue weighted by atomic mass is 10.3. The van der Waals surface area contributed by atoms with Crippen LogP contribution in [0.3, 0.4) is 0 Å². The second kappa shape index (κ2) is 4.18. The van der Waals surface area contributed by atoms with Crippen LogP contribution in [0.4, 0.5) is 5.69 Å². The fraction of sp³-hybridized carbons (Fsp3) is 0. The van der Waals surface area contributed by atoms with Crippen molar-refractivity contribution in [1.82, 2.24) is 0 Å². The summed E-state index contributed by atoms with van der Waals surface area (Å²) in [5.41, 5.74) is 4.39. The highest BCUT2D eigenvalue weighted by molar-refractivity contribution is 6.32. The number of esters is 1. The first-order chi connectivity index (χ1) is 7.00. The summed E-state index contributed by atoms with van der Waals surface area (Å²) < 4.78 is 4.45. The molecule has 0 heterocycles. The number of carbonyl (C=O) groups excluding carboxylic acids is 2. The van der Waals surface area contributed by atoms with E-state index in [1.165, 1.54) is 18.2 Å². The van der Waals surface area contributed by atoms with Gasteiger partial charge in [-0.3, -0.25) is 14.9 Å². The van der Waals surface area contributed by atoms with Crippen molar-refractivity contribution >= 4 is 17.6 Å². The number of ether oxygens (including phenoxy) is 1. The minimum atomic E-state index is -1.27. The average molecular weight is 210 g/mol. The zero-order valence-electron chi connectivity index (χ0n) is 7.38. The number of hydrogen-bond donors (Lipinski definition) is 1. The lowest BCUT2D eigenvalue weighted by Gasteiger charge is -2.00. The summed E-state index contributed by atoms with van der Waals surface area (Å²) in [4.78, 5) is 30.8. The molecule has 0 unspecified atom stereocenters. The first-order valence-corrected chi connectivity index (χ1v) is 3.77. The maximum atomic E-state index is 10.7. The van der Waals surface area contributed by atoms with Gasteiger partial charge in [0.2, 0.25) is 0 Å². The van der Waals surface area contributed by atoms with Crippen LogP contribution in [0.5, 0.6) is 5.75 Å². The molecular formula is C8H6N2O5. The van der Waals surface area contributed by atoms with Crippen molar-refractivity contribution in [3.05, 3.63) is 34.4 Å². The number of benzene rings is 1. The van der Waals surface area contributed by atoms with Crippen LogP contribution >= 0.6 is 0 Å². The van der Waals surface area contributed by atoms with Gasteiger partial charge in [0.1, 0.15) is 5.75 Å². The normalized spacial score (nSPS) is 9.33. The molecular weight excluding hydrogens is 204 g/mol. The van der Waals surface area contributed by atoms with Gasteiger partial charge in [0.05, 0.1) is 11.0 Å². The molecule has 15 heavy (non-hydrogen) atoms. The zero-order valence-corrected chi connectivity index (χ0v) is 7.38. The molecule has 0 radical (unpaired) electrons. The van der Waals surface area contributed by atoms with Crippen molar-refractivity contribution < 1.29 is 19.2 Å². The van der Waals surface area contributed by atoms with E-state index in [-0.39, 0.29) is 11.4 Å². The van der Waals surface area contributed by atoms with E-state index >= 15 is 0 Å². The number of nitro benzene ring substituents is 1. The Morgan fingerprint density at radius 3 is 2.60 bits per heavy atom. The van der Waals surface area contributed by atoms with Crippen LogP contribution in [0.15, 0.2) is 24.3 Å². The van der Waals surface area contributed by atoms with Crippen molar-refractivity contribution in [2.75, 3.05) is 0 Å². The fourth-order valence-electron chi connectivity index (χ4n) is 0.818. The largest absolute Gasteiger partial charge is 0.419 e. The molecule has 1 amide bonds. The van der Waals surface area contributed by atoms with Crippen molar-refractivity contribution in [3.63, 3.8) is 0 Å². The van der Waals surface area contributed by atoms with E-state index in [2.05, 4.69) is 10.5 Å². The smallest absolute Gasteiger partial charge is 0.401 e. The summed E-state index contributed by atoms with van der Waals surface area (Å²) in [5, 5.41) is 10.3. The Hall–Kier alpha value is -2.44. The van der Waals surface area contributed by atoms with Crippen molar-refractivity contribution in [3.8, 4) is 5.75 Å². The van der Waals surface area contributed by atoms with Gasteiger partial charge in [-0.2, -0.15) is 0 Å². The van der Waals surface area contributed by atoms with Crippen molar-refractivity contribution in [2.24, 2.45) is 5.73 Å². The molecule has 0 spiro atoms.